The Hall–Kier alpha value is -2.50. The lowest BCUT2D eigenvalue weighted by molar-refractivity contribution is 0.242. The maximum Gasteiger partial charge on any atom is 0.319 e. The van der Waals surface area contributed by atoms with Gasteiger partial charge in [0.1, 0.15) is 5.82 Å². The van der Waals surface area contributed by atoms with Crippen LogP contribution in [-0.4, -0.2) is 6.03 Å². The van der Waals surface area contributed by atoms with Crippen LogP contribution in [0.1, 0.15) is 19.4 Å². The van der Waals surface area contributed by atoms with Crippen LogP contribution in [0.5, 0.6) is 0 Å². The summed E-state index contributed by atoms with van der Waals surface area (Å²) in [6.07, 6.45) is 0. The van der Waals surface area contributed by atoms with Gasteiger partial charge in [0.05, 0.1) is 5.54 Å². The van der Waals surface area contributed by atoms with Gasteiger partial charge in [0, 0.05) is 11.8 Å². The monoisotopic (exact) mass is 308 g/mol. The number of hydrogen-bond acceptors (Lipinski definition) is 1. The fourth-order valence-corrected chi connectivity index (χ4v) is 1.96. The molecule has 0 heterocycles. The Balaban J connectivity index is 2.07. The maximum atomic E-state index is 13.1. The SMILES string of the molecule is CC(C)(NC(=O)Nc1ccc(F)c(F)c1)c1ccc(F)cc1. The molecule has 0 aliphatic heterocycles. The first-order chi connectivity index (χ1) is 10.3. The van der Waals surface area contributed by atoms with Crippen molar-refractivity contribution in [3.8, 4) is 0 Å². The minimum Gasteiger partial charge on any atom is -0.329 e. The van der Waals surface area contributed by atoms with Gasteiger partial charge in [-0.15, -0.1) is 0 Å². The van der Waals surface area contributed by atoms with Crippen LogP contribution in [0, 0.1) is 17.5 Å². The lowest BCUT2D eigenvalue weighted by Gasteiger charge is -2.27. The molecular formula is C16H15F3N2O. The third kappa shape index (κ3) is 3.78. The van der Waals surface area contributed by atoms with Crippen LogP contribution in [0.4, 0.5) is 23.7 Å². The quantitative estimate of drug-likeness (QED) is 0.878. The number of anilines is 1. The minimum absolute atomic E-state index is 0.131. The number of halogens is 3. The number of carbonyl (C=O) groups excluding carboxylic acids is 1. The molecule has 2 rings (SSSR count). The van der Waals surface area contributed by atoms with Gasteiger partial charge in [-0.05, 0) is 43.7 Å². The molecular weight excluding hydrogens is 293 g/mol. The lowest BCUT2D eigenvalue weighted by Crippen LogP contribution is -2.43. The average Bonchev–Trinajstić information content (AvgIpc) is 2.42. The van der Waals surface area contributed by atoms with Crippen molar-refractivity contribution in [3.05, 3.63) is 65.5 Å². The van der Waals surface area contributed by atoms with E-state index in [2.05, 4.69) is 10.6 Å². The molecule has 0 aliphatic carbocycles. The Labute approximate surface area is 126 Å². The number of hydrogen-bond donors (Lipinski definition) is 2. The van der Waals surface area contributed by atoms with Gasteiger partial charge in [-0.2, -0.15) is 0 Å². The minimum atomic E-state index is -1.05. The molecule has 6 heteroatoms. The summed E-state index contributed by atoms with van der Waals surface area (Å²) < 4.78 is 38.8. The third-order valence-electron chi connectivity index (χ3n) is 3.17. The number of nitrogens with one attached hydrogen (secondary N) is 2. The zero-order valence-corrected chi connectivity index (χ0v) is 12.1. The zero-order chi connectivity index (χ0) is 16.3. The van der Waals surface area contributed by atoms with Crippen molar-refractivity contribution in [2.24, 2.45) is 0 Å². The highest BCUT2D eigenvalue weighted by atomic mass is 19.2. The van der Waals surface area contributed by atoms with E-state index in [-0.39, 0.29) is 11.5 Å². The van der Waals surface area contributed by atoms with Crippen LogP contribution in [0.25, 0.3) is 0 Å². The summed E-state index contributed by atoms with van der Waals surface area (Å²) in [6.45, 7) is 3.48. The third-order valence-corrected chi connectivity index (χ3v) is 3.17. The van der Waals surface area contributed by atoms with Crippen molar-refractivity contribution in [2.45, 2.75) is 19.4 Å². The van der Waals surface area contributed by atoms with Gasteiger partial charge < -0.3 is 10.6 Å². The summed E-state index contributed by atoms with van der Waals surface area (Å²) in [5.74, 6) is -2.40. The molecule has 0 fully saturated rings. The molecule has 0 aliphatic rings. The number of carbonyl (C=O) groups is 1. The Morgan fingerprint density at radius 1 is 0.955 bits per heavy atom. The van der Waals surface area contributed by atoms with Crippen LogP contribution in [0.2, 0.25) is 0 Å². The molecule has 2 N–H and O–H groups in total. The van der Waals surface area contributed by atoms with E-state index in [9.17, 15) is 18.0 Å². The second kappa shape index (κ2) is 6.09. The predicted octanol–water partition coefficient (Wildman–Crippen LogP) is 4.16. The summed E-state index contributed by atoms with van der Waals surface area (Å²) in [7, 11) is 0. The first-order valence-corrected chi connectivity index (χ1v) is 6.58. The van der Waals surface area contributed by atoms with Crippen molar-refractivity contribution < 1.29 is 18.0 Å². The van der Waals surface area contributed by atoms with Crippen molar-refractivity contribution >= 4 is 11.7 Å². The highest BCUT2D eigenvalue weighted by Crippen LogP contribution is 2.21. The topological polar surface area (TPSA) is 41.1 Å². The van der Waals surface area contributed by atoms with Crippen LogP contribution in [0.15, 0.2) is 42.5 Å². The summed E-state index contributed by atoms with van der Waals surface area (Å²) >= 11 is 0. The maximum absolute atomic E-state index is 13.1. The molecule has 0 saturated carbocycles. The zero-order valence-electron chi connectivity index (χ0n) is 12.1. The van der Waals surface area contributed by atoms with Gasteiger partial charge in [0.15, 0.2) is 11.6 Å². The normalized spacial score (nSPS) is 11.1. The standard InChI is InChI=1S/C16H15F3N2O/c1-16(2,10-3-5-11(17)6-4-10)21-15(22)20-12-7-8-13(18)14(19)9-12/h3-9H,1-2H3,(H2,20,21,22). The Bertz CT molecular complexity index is 684. The molecule has 3 nitrogen and oxygen atoms in total. The molecule has 0 saturated heterocycles. The number of rotatable bonds is 3. The Kier molecular flexibility index (Phi) is 4.40. The summed E-state index contributed by atoms with van der Waals surface area (Å²) in [4.78, 5) is 12.0. The molecule has 0 atom stereocenters. The molecule has 2 aromatic rings. The molecule has 0 radical (unpaired) electrons. The number of benzene rings is 2. The van der Waals surface area contributed by atoms with Crippen molar-refractivity contribution in [3.63, 3.8) is 0 Å². The van der Waals surface area contributed by atoms with Gasteiger partial charge in [-0.1, -0.05) is 12.1 Å². The molecule has 0 spiro atoms. The van der Waals surface area contributed by atoms with Gasteiger partial charge in [-0.3, -0.25) is 0 Å². The summed E-state index contributed by atoms with van der Waals surface area (Å²) in [5.41, 5.74) is 0.0664. The average molecular weight is 308 g/mol. The smallest absolute Gasteiger partial charge is 0.319 e. The lowest BCUT2D eigenvalue weighted by atomic mass is 9.94. The van der Waals surface area contributed by atoms with Crippen molar-refractivity contribution in [2.75, 3.05) is 5.32 Å². The van der Waals surface area contributed by atoms with E-state index in [1.807, 2.05) is 0 Å². The Morgan fingerprint density at radius 2 is 1.59 bits per heavy atom. The van der Waals surface area contributed by atoms with Crippen LogP contribution >= 0.6 is 0 Å². The van der Waals surface area contributed by atoms with E-state index < -0.39 is 23.2 Å². The fraction of sp³-hybridized carbons (Fsp3) is 0.188. The van der Waals surface area contributed by atoms with E-state index in [1.54, 1.807) is 26.0 Å². The molecule has 0 aromatic heterocycles. The van der Waals surface area contributed by atoms with E-state index >= 15 is 0 Å². The van der Waals surface area contributed by atoms with Crippen molar-refractivity contribution in [1.82, 2.24) is 5.32 Å². The second-order valence-electron chi connectivity index (χ2n) is 5.34. The summed E-state index contributed by atoms with van der Waals surface area (Å²) in [5, 5.41) is 5.10. The first kappa shape index (κ1) is 15.9. The van der Waals surface area contributed by atoms with E-state index in [0.29, 0.717) is 5.56 Å². The van der Waals surface area contributed by atoms with Crippen LogP contribution < -0.4 is 10.6 Å². The van der Waals surface area contributed by atoms with Crippen LogP contribution in [-0.2, 0) is 5.54 Å². The number of urea groups is 1. The highest BCUT2D eigenvalue weighted by Gasteiger charge is 2.23. The molecule has 2 amide bonds. The van der Waals surface area contributed by atoms with Gasteiger partial charge >= 0.3 is 6.03 Å². The van der Waals surface area contributed by atoms with Crippen molar-refractivity contribution in [1.29, 1.82) is 0 Å². The van der Waals surface area contributed by atoms with E-state index in [4.69, 9.17) is 0 Å². The second-order valence-corrected chi connectivity index (χ2v) is 5.34. The van der Waals surface area contributed by atoms with Gasteiger partial charge in [-0.25, -0.2) is 18.0 Å². The molecule has 116 valence electrons. The summed E-state index contributed by atoms with van der Waals surface area (Å²) in [6, 6.07) is 8.21. The predicted molar refractivity (Wildman–Crippen MR) is 77.9 cm³/mol. The molecule has 0 unspecified atom stereocenters. The van der Waals surface area contributed by atoms with E-state index in [1.165, 1.54) is 18.2 Å². The molecule has 2 aromatic carbocycles. The Morgan fingerprint density at radius 3 is 2.18 bits per heavy atom. The fourth-order valence-electron chi connectivity index (χ4n) is 1.96. The van der Waals surface area contributed by atoms with Gasteiger partial charge in [0.2, 0.25) is 0 Å². The largest absolute Gasteiger partial charge is 0.329 e. The van der Waals surface area contributed by atoms with Crippen LogP contribution in [0.3, 0.4) is 0 Å². The molecule has 0 bridgehead atoms. The molecule has 22 heavy (non-hydrogen) atoms. The van der Waals surface area contributed by atoms with E-state index in [0.717, 1.165) is 12.1 Å². The number of amides is 2. The van der Waals surface area contributed by atoms with Gasteiger partial charge in [0.25, 0.3) is 0 Å². The highest BCUT2D eigenvalue weighted by molar-refractivity contribution is 5.89. The first-order valence-electron chi connectivity index (χ1n) is 6.58.